The maximum Gasteiger partial charge on any atom is 0.451 e. The maximum absolute atomic E-state index is 12.8. The van der Waals surface area contributed by atoms with Crippen LogP contribution in [0.1, 0.15) is 5.82 Å². The SMILES string of the molecule is Nc1cc(-c2cccc3cccnc23)nc(C(F)(F)F)n1. The Morgan fingerprint density at radius 1 is 1.00 bits per heavy atom. The van der Waals surface area contributed by atoms with Gasteiger partial charge in [0, 0.05) is 23.2 Å². The number of pyridine rings is 1. The topological polar surface area (TPSA) is 64.7 Å². The standard InChI is InChI=1S/C14H9F3N4/c15-14(16,17)13-20-10(7-11(18)21-13)9-5-1-3-8-4-2-6-19-12(8)9/h1-7H,(H2,18,20,21). The van der Waals surface area contributed by atoms with E-state index in [1.165, 1.54) is 6.07 Å². The van der Waals surface area contributed by atoms with E-state index in [1.54, 1.807) is 24.4 Å². The van der Waals surface area contributed by atoms with Crippen LogP contribution in [0.2, 0.25) is 0 Å². The summed E-state index contributed by atoms with van der Waals surface area (Å²) in [6.45, 7) is 0. The minimum absolute atomic E-state index is 0.0964. The van der Waals surface area contributed by atoms with Crippen molar-refractivity contribution in [3.05, 3.63) is 48.4 Å². The highest BCUT2D eigenvalue weighted by molar-refractivity contribution is 5.92. The average Bonchev–Trinajstić information content (AvgIpc) is 2.45. The summed E-state index contributed by atoms with van der Waals surface area (Å²) >= 11 is 0. The molecule has 4 nitrogen and oxygen atoms in total. The lowest BCUT2D eigenvalue weighted by Gasteiger charge is -2.09. The highest BCUT2D eigenvalue weighted by atomic mass is 19.4. The van der Waals surface area contributed by atoms with Gasteiger partial charge in [-0.15, -0.1) is 0 Å². The molecule has 3 rings (SSSR count). The second-order valence-corrected chi connectivity index (χ2v) is 4.38. The smallest absolute Gasteiger partial charge is 0.384 e. The van der Waals surface area contributed by atoms with Crippen molar-refractivity contribution in [3.63, 3.8) is 0 Å². The van der Waals surface area contributed by atoms with Crippen LogP contribution in [0.15, 0.2) is 42.6 Å². The van der Waals surface area contributed by atoms with Crippen LogP contribution >= 0.6 is 0 Å². The van der Waals surface area contributed by atoms with Crippen LogP contribution in [0, 0.1) is 0 Å². The summed E-state index contributed by atoms with van der Waals surface area (Å²) < 4.78 is 38.3. The van der Waals surface area contributed by atoms with Gasteiger partial charge >= 0.3 is 6.18 Å². The van der Waals surface area contributed by atoms with Crippen molar-refractivity contribution >= 4 is 16.7 Å². The quantitative estimate of drug-likeness (QED) is 0.747. The van der Waals surface area contributed by atoms with Gasteiger partial charge in [-0.25, -0.2) is 9.97 Å². The predicted octanol–water partition coefficient (Wildman–Crippen LogP) is 3.29. The summed E-state index contributed by atoms with van der Waals surface area (Å²) in [6.07, 6.45) is -3.08. The molecule has 7 heteroatoms. The fourth-order valence-corrected chi connectivity index (χ4v) is 2.04. The van der Waals surface area contributed by atoms with Crippen molar-refractivity contribution in [3.8, 4) is 11.3 Å². The maximum atomic E-state index is 12.8. The number of nitrogens with zero attached hydrogens (tertiary/aromatic N) is 3. The van der Waals surface area contributed by atoms with Gasteiger partial charge in [-0.05, 0) is 6.07 Å². The summed E-state index contributed by atoms with van der Waals surface area (Å²) in [6, 6.07) is 10.1. The van der Waals surface area contributed by atoms with Gasteiger partial charge in [-0.1, -0.05) is 24.3 Å². The summed E-state index contributed by atoms with van der Waals surface area (Å²) in [4.78, 5) is 11.0. The minimum Gasteiger partial charge on any atom is -0.384 e. The van der Waals surface area contributed by atoms with E-state index in [0.717, 1.165) is 5.39 Å². The molecule has 0 aliphatic rings. The molecule has 0 saturated carbocycles. The number of halogens is 3. The second kappa shape index (κ2) is 4.69. The Morgan fingerprint density at radius 3 is 2.52 bits per heavy atom. The fourth-order valence-electron chi connectivity index (χ4n) is 2.04. The Hall–Kier alpha value is -2.70. The van der Waals surface area contributed by atoms with E-state index in [4.69, 9.17) is 5.73 Å². The van der Waals surface area contributed by atoms with Crippen molar-refractivity contribution in [1.29, 1.82) is 0 Å². The zero-order chi connectivity index (χ0) is 15.0. The Morgan fingerprint density at radius 2 is 1.76 bits per heavy atom. The van der Waals surface area contributed by atoms with Gasteiger partial charge in [0.15, 0.2) is 0 Å². The first kappa shape index (κ1) is 13.3. The van der Waals surface area contributed by atoms with E-state index < -0.39 is 12.0 Å². The van der Waals surface area contributed by atoms with E-state index >= 15 is 0 Å². The van der Waals surface area contributed by atoms with Gasteiger partial charge in [0.2, 0.25) is 5.82 Å². The lowest BCUT2D eigenvalue weighted by molar-refractivity contribution is -0.144. The molecule has 21 heavy (non-hydrogen) atoms. The van der Waals surface area contributed by atoms with Crippen LogP contribution in [0.4, 0.5) is 19.0 Å². The third-order valence-electron chi connectivity index (χ3n) is 2.91. The molecule has 0 aliphatic carbocycles. The Bertz CT molecular complexity index is 809. The minimum atomic E-state index is -4.65. The number of anilines is 1. The zero-order valence-electron chi connectivity index (χ0n) is 10.6. The Labute approximate surface area is 117 Å². The van der Waals surface area contributed by atoms with E-state index in [2.05, 4.69) is 15.0 Å². The summed E-state index contributed by atoms with van der Waals surface area (Å²) in [5.41, 5.74) is 6.60. The molecular formula is C14H9F3N4. The van der Waals surface area contributed by atoms with Gasteiger partial charge < -0.3 is 5.73 Å². The molecule has 0 radical (unpaired) electrons. The van der Waals surface area contributed by atoms with E-state index in [0.29, 0.717) is 11.1 Å². The van der Waals surface area contributed by atoms with Crippen LogP contribution in [-0.4, -0.2) is 15.0 Å². The molecule has 1 aromatic carbocycles. The van der Waals surface area contributed by atoms with Crippen LogP contribution in [0.5, 0.6) is 0 Å². The lowest BCUT2D eigenvalue weighted by atomic mass is 10.1. The highest BCUT2D eigenvalue weighted by Crippen LogP contribution is 2.31. The van der Waals surface area contributed by atoms with Crippen LogP contribution in [-0.2, 0) is 6.18 Å². The van der Waals surface area contributed by atoms with Crippen LogP contribution in [0.3, 0.4) is 0 Å². The normalized spacial score (nSPS) is 11.8. The first-order chi connectivity index (χ1) is 9.95. The van der Waals surface area contributed by atoms with E-state index in [1.807, 2.05) is 12.1 Å². The Balaban J connectivity index is 2.26. The monoisotopic (exact) mass is 290 g/mol. The number of rotatable bonds is 1. The van der Waals surface area contributed by atoms with Gasteiger partial charge in [0.25, 0.3) is 0 Å². The molecule has 0 spiro atoms. The number of hydrogen-bond donors (Lipinski definition) is 1. The number of alkyl halides is 3. The molecular weight excluding hydrogens is 281 g/mol. The second-order valence-electron chi connectivity index (χ2n) is 4.38. The number of para-hydroxylation sites is 1. The molecule has 2 heterocycles. The number of nitrogens with two attached hydrogens (primary N) is 1. The number of benzene rings is 1. The van der Waals surface area contributed by atoms with Crippen LogP contribution in [0.25, 0.3) is 22.2 Å². The zero-order valence-corrected chi connectivity index (χ0v) is 10.6. The van der Waals surface area contributed by atoms with Crippen molar-refractivity contribution in [2.24, 2.45) is 0 Å². The molecule has 0 saturated heterocycles. The van der Waals surface area contributed by atoms with Gasteiger partial charge in [0.05, 0.1) is 11.2 Å². The third kappa shape index (κ3) is 2.49. The molecule has 2 aromatic heterocycles. The summed E-state index contributed by atoms with van der Waals surface area (Å²) in [5, 5.41) is 0.806. The number of nitrogen functional groups attached to an aromatic ring is 1. The van der Waals surface area contributed by atoms with Crippen molar-refractivity contribution in [1.82, 2.24) is 15.0 Å². The molecule has 0 aliphatic heterocycles. The highest BCUT2D eigenvalue weighted by Gasteiger charge is 2.35. The molecule has 3 aromatic rings. The summed E-state index contributed by atoms with van der Waals surface area (Å²) in [5.74, 6) is -1.49. The number of aromatic nitrogens is 3. The summed E-state index contributed by atoms with van der Waals surface area (Å²) in [7, 11) is 0. The lowest BCUT2D eigenvalue weighted by Crippen LogP contribution is -2.13. The van der Waals surface area contributed by atoms with Crippen LogP contribution < -0.4 is 5.73 Å². The van der Waals surface area contributed by atoms with Gasteiger partial charge in [-0.2, -0.15) is 13.2 Å². The third-order valence-corrected chi connectivity index (χ3v) is 2.91. The van der Waals surface area contributed by atoms with Crippen molar-refractivity contribution in [2.75, 3.05) is 5.73 Å². The first-order valence-electron chi connectivity index (χ1n) is 6.01. The molecule has 2 N–H and O–H groups in total. The predicted molar refractivity (Wildman–Crippen MR) is 72.2 cm³/mol. The first-order valence-corrected chi connectivity index (χ1v) is 6.01. The molecule has 106 valence electrons. The van der Waals surface area contributed by atoms with E-state index in [9.17, 15) is 13.2 Å². The number of hydrogen-bond acceptors (Lipinski definition) is 4. The molecule has 0 atom stereocenters. The molecule has 0 fully saturated rings. The van der Waals surface area contributed by atoms with Crippen molar-refractivity contribution in [2.45, 2.75) is 6.18 Å². The fraction of sp³-hybridized carbons (Fsp3) is 0.0714. The van der Waals surface area contributed by atoms with E-state index in [-0.39, 0.29) is 11.5 Å². The number of fused-ring (bicyclic) bond motifs is 1. The Kier molecular flexibility index (Phi) is 2.97. The molecule has 0 unspecified atom stereocenters. The van der Waals surface area contributed by atoms with Gasteiger partial charge in [0.1, 0.15) is 5.82 Å². The average molecular weight is 290 g/mol. The largest absolute Gasteiger partial charge is 0.451 e. The van der Waals surface area contributed by atoms with Gasteiger partial charge in [-0.3, -0.25) is 4.98 Å². The molecule has 0 amide bonds. The molecule has 0 bridgehead atoms. The van der Waals surface area contributed by atoms with Crippen molar-refractivity contribution < 1.29 is 13.2 Å².